The van der Waals surface area contributed by atoms with Gasteiger partial charge in [0.25, 0.3) is 5.78 Å². The number of ether oxygens (including phenoxy) is 2. The number of hydrogen-bond donors (Lipinski definition) is 2. The SMILES string of the molecule is COC(CO)C1OC(=O)C(=O)C1O. The molecule has 6 nitrogen and oxygen atoms in total. The van der Waals surface area contributed by atoms with Gasteiger partial charge in [0.15, 0.2) is 12.2 Å². The van der Waals surface area contributed by atoms with Gasteiger partial charge in [0, 0.05) is 7.11 Å². The van der Waals surface area contributed by atoms with E-state index in [9.17, 15) is 14.7 Å². The first-order valence-corrected chi connectivity index (χ1v) is 3.68. The molecule has 0 spiro atoms. The molecule has 1 saturated heterocycles. The van der Waals surface area contributed by atoms with E-state index in [0.717, 1.165) is 0 Å². The molecule has 0 aliphatic carbocycles. The molecule has 74 valence electrons. The van der Waals surface area contributed by atoms with Crippen molar-refractivity contribution in [1.29, 1.82) is 0 Å². The molecule has 0 saturated carbocycles. The number of hydrogen-bond acceptors (Lipinski definition) is 6. The molecule has 0 aromatic heterocycles. The topological polar surface area (TPSA) is 93.1 Å². The molecule has 0 bridgehead atoms. The van der Waals surface area contributed by atoms with Gasteiger partial charge in [0.05, 0.1) is 6.61 Å². The van der Waals surface area contributed by atoms with E-state index >= 15 is 0 Å². The quantitative estimate of drug-likeness (QED) is 0.389. The number of Topliss-reactive ketones (excluding diaryl/α,β-unsaturated/α-hetero) is 1. The van der Waals surface area contributed by atoms with Crippen molar-refractivity contribution in [2.75, 3.05) is 13.7 Å². The van der Waals surface area contributed by atoms with Crippen LogP contribution >= 0.6 is 0 Å². The van der Waals surface area contributed by atoms with Crippen LogP contribution in [0.4, 0.5) is 0 Å². The molecule has 3 unspecified atom stereocenters. The maximum atomic E-state index is 10.8. The van der Waals surface area contributed by atoms with Crippen molar-refractivity contribution in [2.45, 2.75) is 18.3 Å². The molecule has 0 amide bonds. The van der Waals surface area contributed by atoms with Crippen LogP contribution < -0.4 is 0 Å². The largest absolute Gasteiger partial charge is 0.450 e. The number of ketones is 1. The third-order valence-corrected chi connectivity index (χ3v) is 1.87. The Kier molecular flexibility index (Phi) is 2.97. The van der Waals surface area contributed by atoms with Gasteiger partial charge >= 0.3 is 5.97 Å². The second kappa shape index (κ2) is 3.82. The van der Waals surface area contributed by atoms with E-state index in [2.05, 4.69) is 4.74 Å². The number of rotatable bonds is 3. The Labute approximate surface area is 74.1 Å². The molecular formula is C7H10O6. The van der Waals surface area contributed by atoms with Crippen LogP contribution in [-0.2, 0) is 19.1 Å². The number of esters is 1. The number of methoxy groups -OCH3 is 1. The highest BCUT2D eigenvalue weighted by Crippen LogP contribution is 2.16. The first kappa shape index (κ1) is 10.1. The average Bonchev–Trinajstić information content (AvgIpc) is 2.36. The molecule has 3 atom stereocenters. The van der Waals surface area contributed by atoms with Crippen LogP contribution in [0.15, 0.2) is 0 Å². The molecule has 6 heteroatoms. The van der Waals surface area contributed by atoms with Crippen molar-refractivity contribution in [2.24, 2.45) is 0 Å². The van der Waals surface area contributed by atoms with Gasteiger partial charge in [0.2, 0.25) is 0 Å². The predicted molar refractivity (Wildman–Crippen MR) is 38.8 cm³/mol. The lowest BCUT2D eigenvalue weighted by molar-refractivity contribution is -0.152. The zero-order chi connectivity index (χ0) is 10.0. The van der Waals surface area contributed by atoms with Crippen LogP contribution in [0.2, 0.25) is 0 Å². The minimum atomic E-state index is -1.54. The summed E-state index contributed by atoms with van der Waals surface area (Å²) in [6, 6.07) is 0. The fraction of sp³-hybridized carbons (Fsp3) is 0.714. The Balaban J connectivity index is 2.72. The zero-order valence-electron chi connectivity index (χ0n) is 6.97. The molecule has 0 radical (unpaired) electrons. The number of carbonyl (C=O) groups is 2. The van der Waals surface area contributed by atoms with Gasteiger partial charge in [-0.15, -0.1) is 0 Å². The summed E-state index contributed by atoms with van der Waals surface area (Å²) in [5.74, 6) is -2.09. The monoisotopic (exact) mass is 190 g/mol. The van der Waals surface area contributed by atoms with Crippen molar-refractivity contribution in [3.63, 3.8) is 0 Å². The minimum absolute atomic E-state index is 0.432. The van der Waals surface area contributed by atoms with Gasteiger partial charge in [-0.2, -0.15) is 0 Å². The van der Waals surface area contributed by atoms with Crippen LogP contribution in [0, 0.1) is 0 Å². The molecule has 0 aromatic rings. The summed E-state index contributed by atoms with van der Waals surface area (Å²) in [5, 5.41) is 17.9. The van der Waals surface area contributed by atoms with Crippen LogP contribution in [0.3, 0.4) is 0 Å². The van der Waals surface area contributed by atoms with Crippen molar-refractivity contribution >= 4 is 11.8 Å². The molecule has 1 rings (SSSR count). The predicted octanol–water partition coefficient (Wildman–Crippen LogP) is -2.15. The van der Waals surface area contributed by atoms with Crippen molar-refractivity contribution in [3.05, 3.63) is 0 Å². The van der Waals surface area contributed by atoms with Crippen LogP contribution in [0.5, 0.6) is 0 Å². The lowest BCUT2D eigenvalue weighted by Gasteiger charge is -2.19. The lowest BCUT2D eigenvalue weighted by atomic mass is 10.1. The highest BCUT2D eigenvalue weighted by Gasteiger charge is 2.46. The Hall–Kier alpha value is -0.980. The third kappa shape index (κ3) is 1.69. The minimum Gasteiger partial charge on any atom is -0.450 e. The summed E-state index contributed by atoms with van der Waals surface area (Å²) >= 11 is 0. The van der Waals surface area contributed by atoms with Gasteiger partial charge in [-0.1, -0.05) is 0 Å². The molecule has 0 aromatic carbocycles. The Bertz CT molecular complexity index is 221. The second-order valence-electron chi connectivity index (χ2n) is 2.64. The summed E-state index contributed by atoms with van der Waals surface area (Å²) in [5.41, 5.74) is 0. The van der Waals surface area contributed by atoms with E-state index in [1.54, 1.807) is 0 Å². The smallest absolute Gasteiger partial charge is 0.378 e. The van der Waals surface area contributed by atoms with Crippen molar-refractivity contribution in [3.8, 4) is 0 Å². The van der Waals surface area contributed by atoms with Crippen LogP contribution in [0.25, 0.3) is 0 Å². The summed E-state index contributed by atoms with van der Waals surface area (Å²) < 4.78 is 9.22. The van der Waals surface area contributed by atoms with Crippen molar-refractivity contribution in [1.82, 2.24) is 0 Å². The Morgan fingerprint density at radius 3 is 2.54 bits per heavy atom. The average molecular weight is 190 g/mol. The Morgan fingerprint density at radius 1 is 1.62 bits per heavy atom. The van der Waals surface area contributed by atoms with Gasteiger partial charge in [-0.3, -0.25) is 4.79 Å². The number of carbonyl (C=O) groups excluding carboxylic acids is 2. The summed E-state index contributed by atoms with van der Waals surface area (Å²) in [6.07, 6.45) is -3.51. The molecule has 1 fully saturated rings. The van der Waals surface area contributed by atoms with Gasteiger partial charge < -0.3 is 19.7 Å². The third-order valence-electron chi connectivity index (χ3n) is 1.87. The highest BCUT2D eigenvalue weighted by atomic mass is 16.6. The Morgan fingerprint density at radius 2 is 2.23 bits per heavy atom. The van der Waals surface area contributed by atoms with Gasteiger partial charge in [0.1, 0.15) is 6.10 Å². The van der Waals surface area contributed by atoms with Gasteiger partial charge in [-0.25, -0.2) is 4.79 Å². The summed E-state index contributed by atoms with van der Waals surface area (Å²) in [7, 11) is 1.28. The summed E-state index contributed by atoms with van der Waals surface area (Å²) in [6.45, 7) is -0.432. The molecule has 13 heavy (non-hydrogen) atoms. The number of cyclic esters (lactones) is 1. The lowest BCUT2D eigenvalue weighted by Crippen LogP contribution is -2.40. The fourth-order valence-corrected chi connectivity index (χ4v) is 1.11. The molecule has 2 N–H and O–H groups in total. The van der Waals surface area contributed by atoms with Crippen molar-refractivity contribution < 1.29 is 29.3 Å². The zero-order valence-corrected chi connectivity index (χ0v) is 6.97. The van der Waals surface area contributed by atoms with E-state index in [-0.39, 0.29) is 0 Å². The molecule has 1 aliphatic rings. The highest BCUT2D eigenvalue weighted by molar-refractivity contribution is 6.37. The van der Waals surface area contributed by atoms with E-state index in [4.69, 9.17) is 9.84 Å². The first-order chi connectivity index (χ1) is 6.11. The van der Waals surface area contributed by atoms with E-state index in [1.807, 2.05) is 0 Å². The van der Waals surface area contributed by atoms with E-state index in [1.165, 1.54) is 7.11 Å². The van der Waals surface area contributed by atoms with Gasteiger partial charge in [-0.05, 0) is 0 Å². The maximum Gasteiger partial charge on any atom is 0.378 e. The fourth-order valence-electron chi connectivity index (χ4n) is 1.11. The maximum absolute atomic E-state index is 10.8. The first-order valence-electron chi connectivity index (χ1n) is 3.68. The number of aliphatic hydroxyl groups excluding tert-OH is 2. The molecular weight excluding hydrogens is 180 g/mol. The molecule has 1 aliphatic heterocycles. The van der Waals surface area contributed by atoms with Crippen LogP contribution in [-0.4, -0.2) is 54.0 Å². The standard InChI is InChI=1S/C7H10O6/c1-12-3(2-8)6-4(9)5(10)7(11)13-6/h3-4,6,8-9H,2H2,1H3. The molecule has 1 heterocycles. The normalized spacial score (nSPS) is 30.4. The second-order valence-corrected chi connectivity index (χ2v) is 2.64. The summed E-state index contributed by atoms with van der Waals surface area (Å²) in [4.78, 5) is 21.5. The van der Waals surface area contributed by atoms with E-state index in [0.29, 0.717) is 0 Å². The van der Waals surface area contributed by atoms with Crippen LogP contribution in [0.1, 0.15) is 0 Å². The number of aliphatic hydroxyl groups is 2. The van der Waals surface area contributed by atoms with E-state index < -0.39 is 36.7 Å².